The van der Waals surface area contributed by atoms with Gasteiger partial charge in [-0.3, -0.25) is 0 Å². The molecule has 0 spiro atoms. The number of halogens is 2. The van der Waals surface area contributed by atoms with Crippen molar-refractivity contribution in [1.82, 2.24) is 15.3 Å². The molecule has 3 N–H and O–H groups in total. The van der Waals surface area contributed by atoms with Gasteiger partial charge in [-0.05, 0) is 55.9 Å². The van der Waals surface area contributed by atoms with Crippen molar-refractivity contribution in [1.29, 1.82) is 0 Å². The maximum atomic E-state index is 13.7. The SMILES string of the molecule is COc1cnc2cccc([C@@H](O)[C@H](O)[C@H]3CC[C@H](NC/C=C/c4cc(F)ccc4F)CC3)c2n1. The van der Waals surface area contributed by atoms with Crippen LogP contribution in [0.15, 0.2) is 48.7 Å². The minimum Gasteiger partial charge on any atom is -0.480 e. The Morgan fingerprint density at radius 3 is 2.71 bits per heavy atom. The average molecular weight is 470 g/mol. The average Bonchev–Trinajstić information content (AvgIpc) is 2.87. The van der Waals surface area contributed by atoms with Crippen molar-refractivity contribution >= 4 is 17.1 Å². The number of nitrogens with zero attached hydrogens (tertiary/aromatic N) is 2. The first-order valence-corrected chi connectivity index (χ1v) is 11.5. The van der Waals surface area contributed by atoms with E-state index in [4.69, 9.17) is 4.74 Å². The van der Waals surface area contributed by atoms with Crippen LogP contribution in [0.4, 0.5) is 8.78 Å². The fourth-order valence-electron chi connectivity index (χ4n) is 4.55. The summed E-state index contributed by atoms with van der Waals surface area (Å²) in [5, 5.41) is 25.3. The zero-order valence-electron chi connectivity index (χ0n) is 19.0. The van der Waals surface area contributed by atoms with Gasteiger partial charge in [-0.25, -0.2) is 18.7 Å². The Morgan fingerprint density at radius 1 is 1.15 bits per heavy atom. The Hall–Kier alpha value is -2.94. The van der Waals surface area contributed by atoms with Gasteiger partial charge >= 0.3 is 0 Å². The van der Waals surface area contributed by atoms with Crippen molar-refractivity contribution in [3.8, 4) is 5.88 Å². The molecule has 1 aliphatic rings. The molecule has 4 rings (SSSR count). The van der Waals surface area contributed by atoms with Crippen molar-refractivity contribution in [2.24, 2.45) is 5.92 Å². The zero-order valence-corrected chi connectivity index (χ0v) is 19.0. The lowest BCUT2D eigenvalue weighted by Gasteiger charge is -2.34. The molecule has 1 aromatic heterocycles. The summed E-state index contributed by atoms with van der Waals surface area (Å²) in [5.41, 5.74) is 1.90. The maximum absolute atomic E-state index is 13.7. The normalized spacial score (nSPS) is 20.5. The molecule has 0 bridgehead atoms. The number of rotatable bonds is 8. The number of aliphatic hydroxyl groups is 2. The molecule has 1 fully saturated rings. The summed E-state index contributed by atoms with van der Waals surface area (Å²) in [5.74, 6) is -0.620. The highest BCUT2D eigenvalue weighted by Gasteiger charge is 2.32. The number of hydrogen-bond acceptors (Lipinski definition) is 6. The van der Waals surface area contributed by atoms with E-state index in [0.29, 0.717) is 29.0 Å². The van der Waals surface area contributed by atoms with E-state index < -0.39 is 23.8 Å². The molecule has 0 amide bonds. The van der Waals surface area contributed by atoms with E-state index >= 15 is 0 Å². The van der Waals surface area contributed by atoms with Gasteiger partial charge in [0.05, 0.1) is 30.4 Å². The molecular weight excluding hydrogens is 440 g/mol. The molecule has 3 aromatic rings. The quantitative estimate of drug-likeness (QED) is 0.459. The van der Waals surface area contributed by atoms with Crippen molar-refractivity contribution in [2.75, 3.05) is 13.7 Å². The molecule has 1 heterocycles. The third-order valence-electron chi connectivity index (χ3n) is 6.47. The zero-order chi connectivity index (χ0) is 24.1. The fraction of sp³-hybridized carbons (Fsp3) is 0.385. The van der Waals surface area contributed by atoms with E-state index in [-0.39, 0.29) is 17.5 Å². The summed E-state index contributed by atoms with van der Waals surface area (Å²) < 4.78 is 32.1. The minimum atomic E-state index is -1.08. The third kappa shape index (κ3) is 5.58. The van der Waals surface area contributed by atoms with Crippen molar-refractivity contribution in [2.45, 2.75) is 43.9 Å². The van der Waals surface area contributed by atoms with Crippen LogP contribution in [-0.4, -0.2) is 46.0 Å². The monoisotopic (exact) mass is 469 g/mol. The summed E-state index contributed by atoms with van der Waals surface area (Å²) in [7, 11) is 1.51. The second-order valence-electron chi connectivity index (χ2n) is 8.65. The molecule has 2 aromatic carbocycles. The van der Waals surface area contributed by atoms with E-state index in [0.717, 1.165) is 37.8 Å². The van der Waals surface area contributed by atoms with E-state index in [2.05, 4.69) is 15.3 Å². The summed E-state index contributed by atoms with van der Waals surface area (Å²) in [6.07, 6.45) is 6.08. The van der Waals surface area contributed by atoms with E-state index in [9.17, 15) is 19.0 Å². The van der Waals surface area contributed by atoms with Crippen LogP contribution in [0.5, 0.6) is 5.88 Å². The number of methoxy groups -OCH3 is 1. The molecular formula is C26H29F2N3O3. The van der Waals surface area contributed by atoms with Crippen LogP contribution in [0, 0.1) is 17.6 Å². The molecule has 34 heavy (non-hydrogen) atoms. The lowest BCUT2D eigenvalue weighted by molar-refractivity contribution is -0.0300. The topological polar surface area (TPSA) is 87.5 Å². The highest BCUT2D eigenvalue weighted by atomic mass is 19.1. The van der Waals surface area contributed by atoms with Crippen LogP contribution in [0.1, 0.15) is 42.9 Å². The van der Waals surface area contributed by atoms with Gasteiger partial charge in [0, 0.05) is 23.7 Å². The summed E-state index contributed by atoms with van der Waals surface area (Å²) in [4.78, 5) is 8.72. The van der Waals surface area contributed by atoms with E-state index in [1.165, 1.54) is 19.4 Å². The van der Waals surface area contributed by atoms with Gasteiger partial charge in [0.1, 0.15) is 17.7 Å². The van der Waals surface area contributed by atoms with Gasteiger partial charge in [-0.1, -0.05) is 24.3 Å². The maximum Gasteiger partial charge on any atom is 0.232 e. The third-order valence-corrected chi connectivity index (χ3v) is 6.47. The van der Waals surface area contributed by atoms with Crippen LogP contribution in [0.2, 0.25) is 0 Å². The molecule has 0 unspecified atom stereocenters. The lowest BCUT2D eigenvalue weighted by atomic mass is 9.80. The van der Waals surface area contributed by atoms with Crippen LogP contribution in [-0.2, 0) is 0 Å². The Balaban J connectivity index is 1.31. The first-order valence-electron chi connectivity index (χ1n) is 11.5. The van der Waals surface area contributed by atoms with Gasteiger partial charge in [-0.2, -0.15) is 0 Å². The number of ether oxygens (including phenoxy) is 1. The number of fused-ring (bicyclic) bond motifs is 1. The number of aromatic nitrogens is 2. The van der Waals surface area contributed by atoms with Crippen LogP contribution >= 0.6 is 0 Å². The van der Waals surface area contributed by atoms with Crippen molar-refractivity contribution in [3.05, 3.63) is 71.4 Å². The molecule has 8 heteroatoms. The van der Waals surface area contributed by atoms with Gasteiger partial charge < -0.3 is 20.3 Å². The van der Waals surface area contributed by atoms with Gasteiger partial charge in [0.2, 0.25) is 5.88 Å². The molecule has 0 saturated heterocycles. The predicted octanol–water partition coefficient (Wildman–Crippen LogP) is 4.17. The van der Waals surface area contributed by atoms with Gasteiger partial charge in [0.15, 0.2) is 0 Å². The molecule has 0 radical (unpaired) electrons. The lowest BCUT2D eigenvalue weighted by Crippen LogP contribution is -2.37. The molecule has 2 atom stereocenters. The number of benzene rings is 2. The highest BCUT2D eigenvalue weighted by Crippen LogP contribution is 2.34. The molecule has 1 aliphatic carbocycles. The predicted molar refractivity (Wildman–Crippen MR) is 126 cm³/mol. The van der Waals surface area contributed by atoms with Crippen molar-refractivity contribution in [3.63, 3.8) is 0 Å². The second-order valence-corrected chi connectivity index (χ2v) is 8.65. The van der Waals surface area contributed by atoms with E-state index in [1.807, 2.05) is 0 Å². The molecule has 180 valence electrons. The number of aliphatic hydroxyl groups excluding tert-OH is 2. The largest absolute Gasteiger partial charge is 0.480 e. The van der Waals surface area contributed by atoms with Crippen LogP contribution in [0.25, 0.3) is 17.1 Å². The van der Waals surface area contributed by atoms with Gasteiger partial charge in [-0.15, -0.1) is 0 Å². The van der Waals surface area contributed by atoms with E-state index in [1.54, 1.807) is 30.4 Å². The van der Waals surface area contributed by atoms with Crippen molar-refractivity contribution < 1.29 is 23.7 Å². The molecule has 1 saturated carbocycles. The fourth-order valence-corrected chi connectivity index (χ4v) is 4.55. The summed E-state index contributed by atoms with van der Waals surface area (Å²) >= 11 is 0. The highest BCUT2D eigenvalue weighted by molar-refractivity contribution is 5.78. The first kappa shape index (κ1) is 24.2. The first-order chi connectivity index (χ1) is 16.5. The number of nitrogens with one attached hydrogen (secondary N) is 1. The Kier molecular flexibility index (Phi) is 7.82. The Bertz CT molecular complexity index is 1150. The smallest absolute Gasteiger partial charge is 0.232 e. The summed E-state index contributed by atoms with van der Waals surface area (Å²) in [6, 6.07) is 8.99. The number of para-hydroxylation sites is 1. The number of hydrogen-bond donors (Lipinski definition) is 3. The standard InChI is InChI=1S/C26H29F2N3O3/c1-34-23-15-30-22-6-2-5-20(24(22)31-23)26(33)25(32)16-7-10-19(11-8-16)29-13-3-4-17-14-18(27)9-12-21(17)28/h2-6,9,12,14-16,19,25-26,29,32-33H,7-8,10-11,13H2,1H3/b4-3+/t16-,19-,25-,26-/m1/s1. The van der Waals surface area contributed by atoms with Crippen LogP contribution in [0.3, 0.4) is 0 Å². The Labute approximate surface area is 197 Å². The molecule has 0 aliphatic heterocycles. The van der Waals surface area contributed by atoms with Crippen LogP contribution < -0.4 is 10.1 Å². The van der Waals surface area contributed by atoms with Gasteiger partial charge in [0.25, 0.3) is 0 Å². The second kappa shape index (κ2) is 11.0. The minimum absolute atomic E-state index is 0.0428. The summed E-state index contributed by atoms with van der Waals surface area (Å²) in [6.45, 7) is 0.535. The Morgan fingerprint density at radius 2 is 1.94 bits per heavy atom. The molecule has 6 nitrogen and oxygen atoms in total.